The van der Waals surface area contributed by atoms with E-state index < -0.39 is 0 Å². The van der Waals surface area contributed by atoms with Crippen LogP contribution in [0, 0.1) is 0 Å². The Labute approximate surface area is 183 Å². The van der Waals surface area contributed by atoms with Gasteiger partial charge in [-0.2, -0.15) is 5.10 Å². The molecule has 1 N–H and O–H groups in total. The smallest absolute Gasteiger partial charge is 0.160 e. The highest BCUT2D eigenvalue weighted by Gasteiger charge is 2.10. The predicted molar refractivity (Wildman–Crippen MR) is 125 cm³/mol. The van der Waals surface area contributed by atoms with E-state index in [2.05, 4.69) is 70.7 Å². The Kier molecular flexibility index (Phi) is 7.94. The van der Waals surface area contributed by atoms with E-state index in [1.54, 1.807) is 0 Å². The zero-order chi connectivity index (χ0) is 18.6. The average molecular weight is 427 g/mol. The summed E-state index contributed by atoms with van der Waals surface area (Å²) in [4.78, 5) is 4.08. The van der Waals surface area contributed by atoms with E-state index in [1.165, 1.54) is 11.1 Å². The number of hydrogen-bond acceptors (Lipinski definition) is 4. The largest absolute Gasteiger partial charge is 0.338 e. The SMILES string of the molecule is CC(C)c1ccc(Nc2nnc(Cc3ccncc3)c3ccccc23)cc1.Cl.Cl. The minimum atomic E-state index is 0. The number of rotatable bonds is 5. The van der Waals surface area contributed by atoms with Crippen molar-refractivity contribution in [3.8, 4) is 0 Å². The van der Waals surface area contributed by atoms with Crippen molar-refractivity contribution in [2.45, 2.75) is 26.2 Å². The molecule has 0 atom stereocenters. The first-order valence-corrected chi connectivity index (χ1v) is 9.21. The zero-order valence-electron chi connectivity index (χ0n) is 16.4. The van der Waals surface area contributed by atoms with Crippen molar-refractivity contribution in [3.05, 3.63) is 89.9 Å². The van der Waals surface area contributed by atoms with Crippen LogP contribution in [0.5, 0.6) is 0 Å². The molecule has 29 heavy (non-hydrogen) atoms. The second-order valence-electron chi connectivity index (χ2n) is 6.97. The molecule has 0 aliphatic carbocycles. The van der Waals surface area contributed by atoms with Crippen LogP contribution in [0.3, 0.4) is 0 Å². The van der Waals surface area contributed by atoms with Gasteiger partial charge in [-0.05, 0) is 41.3 Å². The van der Waals surface area contributed by atoms with Gasteiger partial charge in [0.05, 0.1) is 5.69 Å². The van der Waals surface area contributed by atoms with Crippen molar-refractivity contribution in [2.75, 3.05) is 5.32 Å². The minimum Gasteiger partial charge on any atom is -0.338 e. The molecule has 150 valence electrons. The molecule has 0 saturated heterocycles. The maximum atomic E-state index is 4.51. The number of nitrogens with zero attached hydrogens (tertiary/aromatic N) is 3. The predicted octanol–water partition coefficient (Wildman–Crippen LogP) is 6.33. The van der Waals surface area contributed by atoms with Crippen LogP contribution in [0.1, 0.15) is 36.6 Å². The molecular formula is C23H24Cl2N4. The molecule has 0 aliphatic rings. The molecule has 0 radical (unpaired) electrons. The number of halogens is 2. The molecule has 0 saturated carbocycles. The summed E-state index contributed by atoms with van der Waals surface area (Å²) in [5, 5.41) is 14.6. The number of aromatic nitrogens is 3. The molecule has 0 spiro atoms. The van der Waals surface area contributed by atoms with Gasteiger partial charge >= 0.3 is 0 Å². The normalized spacial score (nSPS) is 10.3. The molecule has 0 aliphatic heterocycles. The molecule has 4 rings (SSSR count). The van der Waals surface area contributed by atoms with E-state index in [0.29, 0.717) is 5.92 Å². The monoisotopic (exact) mass is 426 g/mol. The molecule has 0 bridgehead atoms. The first-order valence-electron chi connectivity index (χ1n) is 9.21. The highest BCUT2D eigenvalue weighted by Crippen LogP contribution is 2.27. The molecule has 4 nitrogen and oxygen atoms in total. The second kappa shape index (κ2) is 10.2. The molecule has 0 amide bonds. The number of fused-ring (bicyclic) bond motifs is 1. The molecule has 0 unspecified atom stereocenters. The zero-order valence-corrected chi connectivity index (χ0v) is 18.0. The third-order valence-electron chi connectivity index (χ3n) is 4.72. The number of anilines is 2. The van der Waals surface area contributed by atoms with Crippen LogP contribution in [-0.4, -0.2) is 15.2 Å². The summed E-state index contributed by atoms with van der Waals surface area (Å²) in [6.45, 7) is 4.39. The van der Waals surface area contributed by atoms with Crippen LogP contribution in [0.15, 0.2) is 73.1 Å². The Morgan fingerprint density at radius 1 is 0.793 bits per heavy atom. The second-order valence-corrected chi connectivity index (χ2v) is 6.97. The van der Waals surface area contributed by atoms with Gasteiger partial charge in [0, 0.05) is 35.3 Å². The van der Waals surface area contributed by atoms with Gasteiger partial charge in [0.25, 0.3) is 0 Å². The van der Waals surface area contributed by atoms with Crippen LogP contribution < -0.4 is 5.32 Å². The molecule has 4 aromatic rings. The Morgan fingerprint density at radius 2 is 1.45 bits per heavy atom. The molecule has 0 fully saturated rings. The van der Waals surface area contributed by atoms with Crippen molar-refractivity contribution in [2.24, 2.45) is 0 Å². The van der Waals surface area contributed by atoms with Crippen LogP contribution in [0.4, 0.5) is 11.5 Å². The summed E-state index contributed by atoms with van der Waals surface area (Å²) in [6, 6.07) is 20.8. The maximum absolute atomic E-state index is 4.51. The molecule has 2 aromatic heterocycles. The summed E-state index contributed by atoms with van der Waals surface area (Å²) in [7, 11) is 0. The standard InChI is InChI=1S/C23H22N4.2ClH/c1-16(2)18-7-9-19(10-8-18)25-23-21-6-4-3-5-20(21)22(26-27-23)15-17-11-13-24-14-12-17;;/h3-14,16H,15H2,1-2H3,(H,25,27);2*1H. The lowest BCUT2D eigenvalue weighted by atomic mass is 10.0. The number of benzene rings is 2. The fourth-order valence-corrected chi connectivity index (χ4v) is 3.16. The first kappa shape index (κ1) is 22.6. The average Bonchev–Trinajstić information content (AvgIpc) is 2.71. The van der Waals surface area contributed by atoms with Crippen molar-refractivity contribution in [1.82, 2.24) is 15.2 Å². The van der Waals surface area contributed by atoms with Crippen LogP contribution in [0.25, 0.3) is 10.8 Å². The maximum Gasteiger partial charge on any atom is 0.160 e. The fraction of sp³-hybridized carbons (Fsp3) is 0.174. The Hall–Kier alpha value is -2.69. The van der Waals surface area contributed by atoms with E-state index >= 15 is 0 Å². The van der Waals surface area contributed by atoms with Crippen molar-refractivity contribution < 1.29 is 0 Å². The highest BCUT2D eigenvalue weighted by molar-refractivity contribution is 5.94. The molecular weight excluding hydrogens is 403 g/mol. The fourth-order valence-electron chi connectivity index (χ4n) is 3.16. The van der Waals surface area contributed by atoms with E-state index in [0.717, 1.165) is 34.4 Å². The van der Waals surface area contributed by atoms with E-state index in [1.807, 2.05) is 36.7 Å². The Bertz CT molecular complexity index is 1050. The third kappa shape index (κ3) is 5.22. The van der Waals surface area contributed by atoms with Gasteiger partial charge in [0.15, 0.2) is 5.82 Å². The van der Waals surface area contributed by atoms with E-state index in [-0.39, 0.29) is 24.8 Å². The van der Waals surface area contributed by atoms with Gasteiger partial charge in [-0.3, -0.25) is 4.98 Å². The molecule has 2 aromatic carbocycles. The molecule has 2 heterocycles. The van der Waals surface area contributed by atoms with Crippen LogP contribution >= 0.6 is 24.8 Å². The summed E-state index contributed by atoms with van der Waals surface area (Å²) >= 11 is 0. The van der Waals surface area contributed by atoms with Crippen molar-refractivity contribution in [1.29, 1.82) is 0 Å². The van der Waals surface area contributed by atoms with Crippen LogP contribution in [-0.2, 0) is 6.42 Å². The lowest BCUT2D eigenvalue weighted by Crippen LogP contribution is -2.02. The van der Waals surface area contributed by atoms with Gasteiger partial charge in [-0.15, -0.1) is 29.9 Å². The quantitative estimate of drug-likeness (QED) is 0.405. The summed E-state index contributed by atoms with van der Waals surface area (Å²) in [6.07, 6.45) is 4.35. The van der Waals surface area contributed by atoms with Crippen molar-refractivity contribution in [3.63, 3.8) is 0 Å². The number of pyridine rings is 1. The van der Waals surface area contributed by atoms with Gasteiger partial charge in [-0.1, -0.05) is 50.2 Å². The minimum absolute atomic E-state index is 0. The van der Waals surface area contributed by atoms with Gasteiger partial charge in [0.2, 0.25) is 0 Å². The van der Waals surface area contributed by atoms with Gasteiger partial charge in [0.1, 0.15) is 0 Å². The van der Waals surface area contributed by atoms with Crippen molar-refractivity contribution >= 4 is 47.1 Å². The van der Waals surface area contributed by atoms with Gasteiger partial charge < -0.3 is 5.32 Å². The highest BCUT2D eigenvalue weighted by atomic mass is 35.5. The summed E-state index contributed by atoms with van der Waals surface area (Å²) in [5.41, 5.74) is 4.48. The van der Waals surface area contributed by atoms with E-state index in [4.69, 9.17) is 0 Å². The third-order valence-corrected chi connectivity index (χ3v) is 4.72. The van der Waals surface area contributed by atoms with Crippen LogP contribution in [0.2, 0.25) is 0 Å². The topological polar surface area (TPSA) is 50.7 Å². The lowest BCUT2D eigenvalue weighted by molar-refractivity contribution is 0.867. The summed E-state index contributed by atoms with van der Waals surface area (Å²) < 4.78 is 0. The molecule has 6 heteroatoms. The first-order chi connectivity index (χ1) is 13.2. The Morgan fingerprint density at radius 3 is 2.10 bits per heavy atom. The van der Waals surface area contributed by atoms with Gasteiger partial charge in [-0.25, -0.2) is 0 Å². The Balaban J connectivity index is 0.00000150. The summed E-state index contributed by atoms with van der Waals surface area (Å²) in [5.74, 6) is 1.30. The number of hydrogen-bond donors (Lipinski definition) is 1. The van der Waals surface area contributed by atoms with E-state index in [9.17, 15) is 0 Å². The lowest BCUT2D eigenvalue weighted by Gasteiger charge is -2.12. The number of nitrogens with one attached hydrogen (secondary N) is 1.